The number of para-hydroxylation sites is 2. The third-order valence-corrected chi connectivity index (χ3v) is 10.5. The van der Waals surface area contributed by atoms with Crippen LogP contribution < -0.4 is 5.32 Å². The van der Waals surface area contributed by atoms with Crippen LogP contribution in [0.5, 0.6) is 0 Å². The van der Waals surface area contributed by atoms with Crippen LogP contribution >= 0.6 is 11.8 Å². The summed E-state index contributed by atoms with van der Waals surface area (Å²) in [5.74, 6) is -2.00. The summed E-state index contributed by atoms with van der Waals surface area (Å²) in [5, 5.41) is 13.8. The molecule has 0 bridgehead atoms. The van der Waals surface area contributed by atoms with E-state index in [0.29, 0.717) is 5.58 Å². The molecule has 0 spiro atoms. The number of rotatable bonds is 9. The summed E-state index contributed by atoms with van der Waals surface area (Å²) in [6, 6.07) is 21.1. The van der Waals surface area contributed by atoms with Gasteiger partial charge in [-0.25, -0.2) is 22.4 Å². The van der Waals surface area contributed by atoms with Crippen molar-refractivity contribution in [1.82, 2.24) is 5.32 Å². The molecule has 0 aliphatic carbocycles. The van der Waals surface area contributed by atoms with Gasteiger partial charge in [0.2, 0.25) is 9.84 Å². The summed E-state index contributed by atoms with van der Waals surface area (Å²) in [6.07, 6.45) is -0.870. The number of benzene rings is 4. The minimum atomic E-state index is -4.11. The number of carboxylic acids is 1. The Morgan fingerprint density at radius 3 is 2.23 bits per heavy atom. The molecule has 2 N–H and O–H groups in total. The lowest BCUT2D eigenvalue weighted by molar-refractivity contribution is -0.138. The van der Waals surface area contributed by atoms with E-state index in [1.807, 2.05) is 63.2 Å². The van der Waals surface area contributed by atoms with E-state index in [0.717, 1.165) is 50.9 Å². The summed E-state index contributed by atoms with van der Waals surface area (Å²) in [7, 11) is -4.11. The molecular weight excluding hydrogens is 654 g/mol. The highest BCUT2D eigenvalue weighted by Crippen LogP contribution is 2.41. The van der Waals surface area contributed by atoms with E-state index in [2.05, 4.69) is 5.32 Å². The molecule has 0 fully saturated rings. The van der Waals surface area contributed by atoms with Crippen LogP contribution in [0.4, 0.5) is 9.18 Å². The lowest BCUT2D eigenvalue weighted by Gasteiger charge is -2.24. The largest absolute Gasteiger partial charge is 0.480 e. The fourth-order valence-electron chi connectivity index (χ4n) is 5.36. The second-order valence-corrected chi connectivity index (χ2v) is 16.5. The predicted molar refractivity (Wildman–Crippen MR) is 187 cm³/mol. The van der Waals surface area contributed by atoms with Crippen molar-refractivity contribution in [2.45, 2.75) is 74.1 Å². The van der Waals surface area contributed by atoms with Crippen LogP contribution in [-0.4, -0.2) is 43.0 Å². The van der Waals surface area contributed by atoms with E-state index in [4.69, 9.17) is 9.15 Å². The number of thioether (sulfide) groups is 1. The predicted octanol–water partition coefficient (Wildman–Crippen LogP) is 8.73. The third kappa shape index (κ3) is 7.52. The first-order valence-corrected chi connectivity index (χ1v) is 18.0. The number of fused-ring (bicyclic) bond motifs is 3. The molecule has 1 heterocycles. The van der Waals surface area contributed by atoms with E-state index >= 15 is 4.39 Å². The number of halogens is 1. The van der Waals surface area contributed by atoms with Gasteiger partial charge in [-0.3, -0.25) is 0 Å². The summed E-state index contributed by atoms with van der Waals surface area (Å²) in [4.78, 5) is 23.5. The first-order valence-electron chi connectivity index (χ1n) is 15.3. The van der Waals surface area contributed by atoms with Crippen molar-refractivity contribution in [2.75, 3.05) is 5.75 Å². The Balaban J connectivity index is 1.39. The van der Waals surface area contributed by atoms with Crippen molar-refractivity contribution in [3.05, 3.63) is 95.8 Å². The molecule has 0 aliphatic rings. The number of aliphatic carboxylic acids is 1. The van der Waals surface area contributed by atoms with Crippen molar-refractivity contribution < 1.29 is 36.7 Å². The van der Waals surface area contributed by atoms with E-state index in [1.165, 1.54) is 18.2 Å². The number of sulfone groups is 1. The molecule has 5 aromatic rings. The number of carboxylic acid groups (broad SMARTS) is 1. The second kappa shape index (κ2) is 13.3. The van der Waals surface area contributed by atoms with Crippen LogP contribution in [0.1, 0.15) is 52.7 Å². The maximum Gasteiger partial charge on any atom is 0.408 e. The SMILES string of the molecule is CC(C)(C)OC(=O)NC(CSCc1ccc(S(=O)(=O)c2ccc(-c3cccc4c3oc3ccccc34)c(C(C)(C)C)c2)cc1F)C(=O)O. The van der Waals surface area contributed by atoms with Crippen molar-refractivity contribution >= 4 is 55.6 Å². The zero-order chi connectivity index (χ0) is 35.0. The summed E-state index contributed by atoms with van der Waals surface area (Å²) in [6.45, 7) is 11.0. The first kappa shape index (κ1) is 35.0. The van der Waals surface area contributed by atoms with Crippen molar-refractivity contribution in [3.8, 4) is 11.1 Å². The highest BCUT2D eigenvalue weighted by atomic mass is 32.2. The molecule has 5 rings (SSSR count). The smallest absolute Gasteiger partial charge is 0.408 e. The molecule has 4 aromatic carbocycles. The Morgan fingerprint density at radius 2 is 1.56 bits per heavy atom. The van der Waals surface area contributed by atoms with Crippen LogP contribution in [-0.2, 0) is 30.5 Å². The molecule has 0 saturated carbocycles. The van der Waals surface area contributed by atoms with E-state index in [-0.39, 0.29) is 26.9 Å². The number of nitrogens with one attached hydrogen (secondary N) is 1. The monoisotopic (exact) mass is 691 g/mol. The van der Waals surface area contributed by atoms with Gasteiger partial charge in [0, 0.05) is 27.8 Å². The lowest BCUT2D eigenvalue weighted by atomic mass is 9.81. The first-order chi connectivity index (χ1) is 22.5. The highest BCUT2D eigenvalue weighted by Gasteiger charge is 2.27. The molecule has 0 radical (unpaired) electrons. The minimum Gasteiger partial charge on any atom is -0.480 e. The van der Waals surface area contributed by atoms with Gasteiger partial charge in [-0.05, 0) is 73.2 Å². The van der Waals surface area contributed by atoms with Gasteiger partial charge in [-0.1, -0.05) is 69.3 Å². The maximum absolute atomic E-state index is 15.3. The fraction of sp³-hybridized carbons (Fsp3) is 0.297. The Kier molecular flexibility index (Phi) is 9.67. The van der Waals surface area contributed by atoms with E-state index in [9.17, 15) is 23.1 Å². The van der Waals surface area contributed by atoms with Gasteiger partial charge in [0.25, 0.3) is 0 Å². The number of hydrogen-bond donors (Lipinski definition) is 2. The van der Waals surface area contributed by atoms with Crippen LogP contribution in [0.15, 0.2) is 93.1 Å². The zero-order valence-electron chi connectivity index (χ0n) is 27.6. The number of ether oxygens (including phenoxy) is 1. The van der Waals surface area contributed by atoms with Crippen molar-refractivity contribution in [1.29, 1.82) is 0 Å². The lowest BCUT2D eigenvalue weighted by Crippen LogP contribution is -2.44. The normalized spacial score (nSPS) is 13.1. The number of furan rings is 1. The summed E-state index contributed by atoms with van der Waals surface area (Å²) >= 11 is 1.08. The average Bonchev–Trinajstić information content (AvgIpc) is 3.38. The molecule has 1 aromatic heterocycles. The molecule has 0 saturated heterocycles. The number of carbonyl (C=O) groups excluding carboxylic acids is 1. The number of carbonyl (C=O) groups is 2. The van der Waals surface area contributed by atoms with Gasteiger partial charge in [-0.15, -0.1) is 0 Å². The number of amides is 1. The average molecular weight is 692 g/mol. The second-order valence-electron chi connectivity index (χ2n) is 13.5. The van der Waals surface area contributed by atoms with Crippen molar-refractivity contribution in [3.63, 3.8) is 0 Å². The molecule has 1 atom stereocenters. The van der Waals surface area contributed by atoms with Gasteiger partial charge >= 0.3 is 12.1 Å². The topological polar surface area (TPSA) is 123 Å². The van der Waals surface area contributed by atoms with Crippen molar-refractivity contribution in [2.24, 2.45) is 0 Å². The van der Waals surface area contributed by atoms with Gasteiger partial charge in [0.1, 0.15) is 28.6 Å². The van der Waals surface area contributed by atoms with Gasteiger partial charge in [0.15, 0.2) is 0 Å². The molecule has 1 amide bonds. The standard InChI is InChI=1S/C37H38FNO7S2/c1-36(2,3)29-18-23(16-17-25(29)27-11-9-12-28-26-10-7-8-13-32(26)45-33(27)28)48(43,44)24-15-14-22(30(38)19-24)20-47-21-31(34(40)41)39-35(42)46-37(4,5)6/h7-19,31H,20-21H2,1-6H3,(H,39,42)(H,40,41). The quantitative estimate of drug-likeness (QED) is 0.157. The van der Waals surface area contributed by atoms with Gasteiger partial charge in [0.05, 0.1) is 9.79 Å². The third-order valence-electron chi connectivity index (χ3n) is 7.67. The molecule has 8 nitrogen and oxygen atoms in total. The van der Waals surface area contributed by atoms with Crippen LogP contribution in [0, 0.1) is 5.82 Å². The number of alkyl carbamates (subject to hydrolysis) is 1. The number of hydrogen-bond acceptors (Lipinski definition) is 7. The Morgan fingerprint density at radius 1 is 0.896 bits per heavy atom. The Labute approximate surface area is 283 Å². The van der Waals surface area contributed by atoms with Gasteiger partial charge in [-0.2, -0.15) is 11.8 Å². The molecule has 1 unspecified atom stereocenters. The molecule has 48 heavy (non-hydrogen) atoms. The van der Waals surface area contributed by atoms with Gasteiger partial charge < -0.3 is 19.6 Å². The highest BCUT2D eigenvalue weighted by molar-refractivity contribution is 7.98. The minimum absolute atomic E-state index is 0.0343. The molecule has 11 heteroatoms. The Hall–Kier alpha value is -4.35. The van der Waals surface area contributed by atoms with Crippen LogP contribution in [0.25, 0.3) is 33.1 Å². The zero-order valence-corrected chi connectivity index (χ0v) is 29.2. The van der Waals surface area contributed by atoms with E-state index in [1.54, 1.807) is 32.9 Å². The Bertz CT molecular complexity index is 2130. The fourth-order valence-corrected chi connectivity index (χ4v) is 7.70. The molecule has 252 valence electrons. The summed E-state index contributed by atoms with van der Waals surface area (Å²) < 4.78 is 54.3. The molecular formula is C37H38FNO7S2. The summed E-state index contributed by atoms with van der Waals surface area (Å²) in [5.41, 5.74) is 2.90. The maximum atomic E-state index is 15.3. The van der Waals surface area contributed by atoms with E-state index < -0.39 is 44.8 Å². The van der Waals surface area contributed by atoms with Crippen LogP contribution in [0.2, 0.25) is 0 Å². The molecule has 0 aliphatic heterocycles. The van der Waals surface area contributed by atoms with Crippen LogP contribution in [0.3, 0.4) is 0 Å².